The molecule has 0 saturated heterocycles. The minimum absolute atomic E-state index is 0.139. The Hall–Kier alpha value is -1.04. The highest BCUT2D eigenvalue weighted by atomic mass is 16.1. The number of nitrogens with zero attached hydrogens (tertiary/aromatic N) is 2. The van der Waals surface area contributed by atoms with Gasteiger partial charge in [0.25, 0.3) is 0 Å². The summed E-state index contributed by atoms with van der Waals surface area (Å²) >= 11 is 0. The zero-order valence-electron chi connectivity index (χ0n) is 4.72. The second-order valence-electron chi connectivity index (χ2n) is 1.26. The van der Waals surface area contributed by atoms with Crippen LogP contribution < -0.4 is 0 Å². The molecule has 0 spiro atoms. The third kappa shape index (κ3) is 2.19. The predicted octanol–water partition coefficient (Wildman–Crippen LogP) is -0.101. The van der Waals surface area contributed by atoms with Crippen LogP contribution in [0.4, 0.5) is 0 Å². The van der Waals surface area contributed by atoms with Crippen LogP contribution in [0.1, 0.15) is 6.92 Å². The molecule has 0 aromatic heterocycles. The summed E-state index contributed by atoms with van der Waals surface area (Å²) in [4.78, 5) is 11.0. The molecule has 3 nitrogen and oxygen atoms in total. The Kier molecular flexibility index (Phi) is 3.59. The molecular weight excluding hydrogens is 104 g/mol. The highest BCUT2D eigenvalue weighted by Crippen LogP contribution is 1.76. The van der Waals surface area contributed by atoms with Gasteiger partial charge >= 0.3 is 6.41 Å². The fourth-order valence-electron chi connectivity index (χ4n) is 0.294. The average Bonchev–Trinajstić information content (AvgIpc) is 1.83. The van der Waals surface area contributed by atoms with Crippen molar-refractivity contribution in [2.45, 2.75) is 6.92 Å². The molecule has 0 bridgehead atoms. The Morgan fingerprint density at radius 3 is 2.50 bits per heavy atom. The van der Waals surface area contributed by atoms with Gasteiger partial charge in [0.05, 0.1) is 6.07 Å². The van der Waals surface area contributed by atoms with E-state index >= 15 is 0 Å². The van der Waals surface area contributed by atoms with Crippen molar-refractivity contribution < 1.29 is 4.79 Å². The van der Waals surface area contributed by atoms with Crippen LogP contribution in [-0.4, -0.2) is 24.4 Å². The molecule has 43 valence electrons. The van der Waals surface area contributed by atoms with E-state index < -0.39 is 0 Å². The Balaban J connectivity index is 3.40. The molecule has 0 heterocycles. The molecule has 0 unspecified atom stereocenters. The molecule has 0 saturated carbocycles. The monoisotopic (exact) mass is 111 g/mol. The SMILES string of the molecule is CCN([C]=O)CC#N. The van der Waals surface area contributed by atoms with Crippen molar-refractivity contribution in [3.63, 3.8) is 0 Å². The first-order valence-electron chi connectivity index (χ1n) is 2.34. The molecule has 0 fully saturated rings. The van der Waals surface area contributed by atoms with E-state index in [2.05, 4.69) is 0 Å². The molecular formula is C5H7N2O. The van der Waals surface area contributed by atoms with Crippen molar-refractivity contribution in [3.8, 4) is 6.07 Å². The highest BCUT2D eigenvalue weighted by Gasteiger charge is 1.93. The lowest BCUT2D eigenvalue weighted by Crippen LogP contribution is -2.20. The molecule has 1 amide bonds. The van der Waals surface area contributed by atoms with E-state index in [1.165, 1.54) is 4.90 Å². The van der Waals surface area contributed by atoms with Crippen LogP contribution in [0.3, 0.4) is 0 Å². The Bertz CT molecular complexity index is 105. The molecule has 0 aliphatic heterocycles. The maximum absolute atomic E-state index is 9.78. The van der Waals surface area contributed by atoms with E-state index in [0.717, 1.165) is 0 Å². The third-order valence-corrected chi connectivity index (χ3v) is 0.772. The van der Waals surface area contributed by atoms with Gasteiger partial charge in [-0.1, -0.05) is 0 Å². The van der Waals surface area contributed by atoms with Crippen LogP contribution in [0.15, 0.2) is 0 Å². The van der Waals surface area contributed by atoms with Gasteiger partial charge in [-0.15, -0.1) is 0 Å². The summed E-state index contributed by atoms with van der Waals surface area (Å²) in [6.45, 7) is 2.49. The molecule has 8 heavy (non-hydrogen) atoms. The van der Waals surface area contributed by atoms with E-state index in [1.807, 2.05) is 6.07 Å². The molecule has 0 atom stereocenters. The van der Waals surface area contributed by atoms with E-state index in [1.54, 1.807) is 13.3 Å². The average molecular weight is 111 g/mol. The summed E-state index contributed by atoms with van der Waals surface area (Å²) < 4.78 is 0. The Labute approximate surface area is 48.5 Å². The zero-order valence-corrected chi connectivity index (χ0v) is 4.72. The maximum atomic E-state index is 9.78. The number of hydrogen-bond donors (Lipinski definition) is 0. The van der Waals surface area contributed by atoms with Crippen LogP contribution in [-0.2, 0) is 4.79 Å². The van der Waals surface area contributed by atoms with Gasteiger partial charge in [-0.3, -0.25) is 4.79 Å². The Morgan fingerprint density at radius 1 is 1.75 bits per heavy atom. The normalized spacial score (nSPS) is 7.50. The van der Waals surface area contributed by atoms with Crippen molar-refractivity contribution in [1.82, 2.24) is 4.90 Å². The maximum Gasteiger partial charge on any atom is 0.312 e. The number of hydrogen-bond acceptors (Lipinski definition) is 2. The summed E-state index contributed by atoms with van der Waals surface area (Å²) in [7, 11) is 0. The minimum atomic E-state index is 0.139. The predicted molar refractivity (Wildman–Crippen MR) is 28.6 cm³/mol. The number of nitriles is 1. The molecule has 0 aliphatic rings. The number of amides is 1. The van der Waals surface area contributed by atoms with Crippen LogP contribution in [0, 0.1) is 11.3 Å². The second-order valence-corrected chi connectivity index (χ2v) is 1.26. The quantitative estimate of drug-likeness (QED) is 0.377. The van der Waals surface area contributed by atoms with E-state index in [9.17, 15) is 4.79 Å². The molecule has 1 radical (unpaired) electrons. The van der Waals surface area contributed by atoms with Crippen molar-refractivity contribution in [2.24, 2.45) is 0 Å². The lowest BCUT2D eigenvalue weighted by molar-refractivity contribution is 0.426. The summed E-state index contributed by atoms with van der Waals surface area (Å²) in [6.07, 6.45) is 1.61. The van der Waals surface area contributed by atoms with Gasteiger partial charge in [-0.05, 0) is 6.92 Å². The topological polar surface area (TPSA) is 44.1 Å². The molecule has 0 rings (SSSR count). The second kappa shape index (κ2) is 4.13. The lowest BCUT2D eigenvalue weighted by atomic mass is 10.6. The van der Waals surface area contributed by atoms with Crippen molar-refractivity contribution in [2.75, 3.05) is 13.1 Å². The summed E-state index contributed by atoms with van der Waals surface area (Å²) in [5.74, 6) is 0. The van der Waals surface area contributed by atoms with Gasteiger partial charge in [-0.2, -0.15) is 5.26 Å². The van der Waals surface area contributed by atoms with Crippen molar-refractivity contribution in [3.05, 3.63) is 0 Å². The first kappa shape index (κ1) is 6.96. The number of carbonyl (C=O) groups excluding carboxylic acids is 1. The van der Waals surface area contributed by atoms with Gasteiger partial charge in [-0.25, -0.2) is 0 Å². The van der Waals surface area contributed by atoms with Crippen LogP contribution in [0.25, 0.3) is 0 Å². The van der Waals surface area contributed by atoms with E-state index in [4.69, 9.17) is 5.26 Å². The minimum Gasteiger partial charge on any atom is -0.321 e. The fourth-order valence-corrected chi connectivity index (χ4v) is 0.294. The molecule has 0 aromatic carbocycles. The van der Waals surface area contributed by atoms with E-state index in [0.29, 0.717) is 6.54 Å². The van der Waals surface area contributed by atoms with Gasteiger partial charge in [0.15, 0.2) is 0 Å². The first-order chi connectivity index (χ1) is 3.85. The smallest absolute Gasteiger partial charge is 0.312 e. The molecule has 0 N–H and O–H groups in total. The van der Waals surface area contributed by atoms with Crippen molar-refractivity contribution >= 4 is 6.41 Å². The summed E-state index contributed by atoms with van der Waals surface area (Å²) in [6, 6.07) is 1.83. The van der Waals surface area contributed by atoms with Gasteiger partial charge in [0.2, 0.25) is 0 Å². The highest BCUT2D eigenvalue weighted by molar-refractivity contribution is 5.48. The number of rotatable bonds is 3. The lowest BCUT2D eigenvalue weighted by Gasteiger charge is -2.05. The molecule has 0 aromatic rings. The van der Waals surface area contributed by atoms with Crippen LogP contribution >= 0.6 is 0 Å². The Morgan fingerprint density at radius 2 is 2.38 bits per heavy atom. The summed E-state index contributed by atoms with van der Waals surface area (Å²) in [5, 5.41) is 8.03. The van der Waals surface area contributed by atoms with Crippen LogP contribution in [0.5, 0.6) is 0 Å². The zero-order chi connectivity index (χ0) is 6.41. The fraction of sp³-hybridized carbons (Fsp3) is 0.600. The van der Waals surface area contributed by atoms with E-state index in [-0.39, 0.29) is 6.54 Å². The van der Waals surface area contributed by atoms with Gasteiger partial charge in [0, 0.05) is 6.54 Å². The summed E-state index contributed by atoms with van der Waals surface area (Å²) in [5.41, 5.74) is 0. The van der Waals surface area contributed by atoms with Gasteiger partial charge < -0.3 is 4.90 Å². The molecule has 3 heteroatoms. The largest absolute Gasteiger partial charge is 0.321 e. The third-order valence-electron chi connectivity index (χ3n) is 0.772. The van der Waals surface area contributed by atoms with Gasteiger partial charge in [0.1, 0.15) is 6.54 Å². The van der Waals surface area contributed by atoms with Crippen LogP contribution in [0.2, 0.25) is 0 Å². The molecule has 0 aliphatic carbocycles. The standard InChI is InChI=1S/C5H7N2O/c1-2-7(5-8)4-3-6/h2,4H2,1H3. The first-order valence-corrected chi connectivity index (χ1v) is 2.34. The van der Waals surface area contributed by atoms with Crippen molar-refractivity contribution in [1.29, 1.82) is 5.26 Å².